The second-order valence-electron chi connectivity index (χ2n) is 9.93. The van der Waals surface area contributed by atoms with E-state index in [9.17, 15) is 32.3 Å². The lowest BCUT2D eigenvalue weighted by atomic mass is 10.0. The molecule has 0 saturated heterocycles. The highest BCUT2D eigenvalue weighted by molar-refractivity contribution is 7.92. The predicted octanol–water partition coefficient (Wildman–Crippen LogP) is 3.77. The molecule has 4 aromatic rings. The number of amides is 2. The number of aryl methyl sites for hydroxylation is 2. The Labute approximate surface area is 246 Å². The van der Waals surface area contributed by atoms with E-state index in [1.807, 2.05) is 0 Å². The van der Waals surface area contributed by atoms with Crippen LogP contribution in [0.1, 0.15) is 66.1 Å². The van der Waals surface area contributed by atoms with Crippen LogP contribution in [0, 0.1) is 12.7 Å². The van der Waals surface area contributed by atoms with E-state index in [1.165, 1.54) is 42.5 Å². The van der Waals surface area contributed by atoms with Crippen molar-refractivity contribution in [1.82, 2.24) is 20.6 Å². The van der Waals surface area contributed by atoms with Crippen LogP contribution in [-0.2, 0) is 23.0 Å². The molecule has 43 heavy (non-hydrogen) atoms. The minimum Gasteiger partial charge on any atom is -0.478 e. The summed E-state index contributed by atoms with van der Waals surface area (Å²) in [6, 6.07) is 17.2. The van der Waals surface area contributed by atoms with Gasteiger partial charge in [-0.25, -0.2) is 32.3 Å². The summed E-state index contributed by atoms with van der Waals surface area (Å²) in [4.78, 5) is 45.9. The molecule has 1 atom stereocenters. The average molecular weight is 604 g/mol. The van der Waals surface area contributed by atoms with E-state index < -0.39 is 39.8 Å². The van der Waals surface area contributed by atoms with Crippen molar-refractivity contribution in [1.29, 1.82) is 0 Å². The monoisotopic (exact) mass is 603 g/mol. The number of anilines is 1. The van der Waals surface area contributed by atoms with E-state index in [1.54, 1.807) is 31.2 Å². The fraction of sp³-hybridized carbons (Fsp3) is 0.167. The topological polar surface area (TPSA) is 167 Å². The molecule has 3 aromatic carbocycles. The van der Waals surface area contributed by atoms with Crippen LogP contribution in [0.4, 0.5) is 10.3 Å². The lowest BCUT2D eigenvalue weighted by Crippen LogP contribution is -2.30. The molecule has 0 radical (unpaired) electrons. The number of fused-ring (bicyclic) bond motifs is 1. The first kappa shape index (κ1) is 29.3. The zero-order valence-corrected chi connectivity index (χ0v) is 23.6. The Bertz CT molecular complexity index is 1850. The number of carbonyl (C=O) groups excluding carboxylic acids is 2. The summed E-state index contributed by atoms with van der Waals surface area (Å²) < 4.78 is 41.8. The maximum atomic E-state index is 13.6. The van der Waals surface area contributed by atoms with Crippen LogP contribution in [0.3, 0.4) is 0 Å². The normalized spacial score (nSPS) is 14.0. The van der Waals surface area contributed by atoms with Gasteiger partial charge in [-0.2, -0.15) is 0 Å². The van der Waals surface area contributed by atoms with Gasteiger partial charge in [-0.1, -0.05) is 36.4 Å². The SMILES string of the molecule is Cc1cc(CNC(=O)c2cc(C(=O)N[C@H]3CCc4cc(C(=O)O)ccc43)nc(NS(=O)(=O)c3ccccc3)n2)ccc1F. The molecule has 0 aliphatic heterocycles. The fourth-order valence-electron chi connectivity index (χ4n) is 4.73. The van der Waals surface area contributed by atoms with E-state index in [0.29, 0.717) is 24.0 Å². The molecule has 5 rings (SSSR count). The van der Waals surface area contributed by atoms with Crippen molar-refractivity contribution in [2.75, 3.05) is 4.72 Å². The predicted molar refractivity (Wildman–Crippen MR) is 154 cm³/mol. The number of nitrogens with one attached hydrogen (secondary N) is 3. The molecule has 1 heterocycles. The van der Waals surface area contributed by atoms with Crippen molar-refractivity contribution < 1.29 is 32.3 Å². The molecule has 0 saturated carbocycles. The highest BCUT2D eigenvalue weighted by Gasteiger charge is 2.27. The molecular weight excluding hydrogens is 577 g/mol. The molecule has 0 bridgehead atoms. The third-order valence-corrected chi connectivity index (χ3v) is 8.26. The number of rotatable bonds is 9. The second kappa shape index (κ2) is 12.0. The lowest BCUT2D eigenvalue weighted by Gasteiger charge is -2.15. The van der Waals surface area contributed by atoms with E-state index in [2.05, 4.69) is 25.3 Å². The van der Waals surface area contributed by atoms with Gasteiger partial charge in [-0.15, -0.1) is 0 Å². The Morgan fingerprint density at radius 2 is 1.67 bits per heavy atom. The van der Waals surface area contributed by atoms with E-state index in [0.717, 1.165) is 17.2 Å². The molecule has 0 unspecified atom stereocenters. The molecule has 220 valence electrons. The number of hydrogen-bond acceptors (Lipinski definition) is 7. The molecule has 1 aliphatic carbocycles. The quantitative estimate of drug-likeness (QED) is 0.224. The van der Waals surface area contributed by atoms with Crippen LogP contribution >= 0.6 is 0 Å². The molecule has 1 aliphatic rings. The molecule has 11 nitrogen and oxygen atoms in total. The van der Waals surface area contributed by atoms with Crippen LogP contribution < -0.4 is 15.4 Å². The summed E-state index contributed by atoms with van der Waals surface area (Å²) in [6.45, 7) is 1.61. The minimum atomic E-state index is -4.16. The second-order valence-corrected chi connectivity index (χ2v) is 11.6. The molecule has 2 amide bonds. The van der Waals surface area contributed by atoms with Crippen LogP contribution in [0.2, 0.25) is 0 Å². The molecular formula is C30H26FN5O6S. The first-order valence-corrected chi connectivity index (χ1v) is 14.7. The van der Waals surface area contributed by atoms with Gasteiger partial charge in [-0.3, -0.25) is 9.59 Å². The number of carboxylic acid groups (broad SMARTS) is 1. The van der Waals surface area contributed by atoms with Gasteiger partial charge in [0.2, 0.25) is 5.95 Å². The van der Waals surface area contributed by atoms with Crippen molar-refractivity contribution in [2.24, 2.45) is 0 Å². The number of carboxylic acids is 1. The molecule has 0 spiro atoms. The maximum Gasteiger partial charge on any atom is 0.335 e. The number of sulfonamides is 1. The first-order valence-electron chi connectivity index (χ1n) is 13.2. The van der Waals surface area contributed by atoms with Gasteiger partial charge in [0.1, 0.15) is 17.2 Å². The molecule has 0 fully saturated rings. The van der Waals surface area contributed by atoms with Crippen molar-refractivity contribution in [3.63, 3.8) is 0 Å². The van der Waals surface area contributed by atoms with Crippen molar-refractivity contribution in [3.05, 3.63) is 118 Å². The standard InChI is InChI=1S/C30H26FN5O6S/c1-17-13-18(7-11-23(17)31)16-32-27(37)25-15-26(35-30(34-25)36-43(41,42)21-5-3-2-4-6-21)28(38)33-24-12-9-19-14-20(29(39)40)8-10-22(19)24/h2-8,10-11,13-15,24H,9,12,16H2,1H3,(H,32,37)(H,33,38)(H,39,40)(H,34,35,36)/t24-/m0/s1. The van der Waals surface area contributed by atoms with Crippen LogP contribution in [0.25, 0.3) is 0 Å². The summed E-state index contributed by atoms with van der Waals surface area (Å²) in [6.07, 6.45) is 1.05. The Morgan fingerprint density at radius 1 is 0.953 bits per heavy atom. The highest BCUT2D eigenvalue weighted by atomic mass is 32.2. The summed E-state index contributed by atoms with van der Waals surface area (Å²) in [5.74, 6) is -3.33. The van der Waals surface area contributed by atoms with Gasteiger partial charge < -0.3 is 15.7 Å². The Hall–Kier alpha value is -5.17. The van der Waals surface area contributed by atoms with Gasteiger partial charge in [0.25, 0.3) is 21.8 Å². The maximum absolute atomic E-state index is 13.6. The van der Waals surface area contributed by atoms with Gasteiger partial charge in [0, 0.05) is 12.6 Å². The molecule has 13 heteroatoms. The first-order chi connectivity index (χ1) is 20.5. The zero-order valence-electron chi connectivity index (χ0n) is 22.8. The summed E-state index contributed by atoms with van der Waals surface area (Å²) in [5, 5.41) is 14.7. The number of hydrogen-bond donors (Lipinski definition) is 4. The zero-order chi connectivity index (χ0) is 30.7. The lowest BCUT2D eigenvalue weighted by molar-refractivity contribution is 0.0696. The third-order valence-electron chi connectivity index (χ3n) is 6.92. The number of nitrogens with zero attached hydrogens (tertiary/aromatic N) is 2. The Morgan fingerprint density at radius 3 is 2.37 bits per heavy atom. The fourth-order valence-corrected chi connectivity index (χ4v) is 5.69. The van der Waals surface area contributed by atoms with Crippen molar-refractivity contribution >= 4 is 33.8 Å². The van der Waals surface area contributed by atoms with Crippen LogP contribution in [0.15, 0.2) is 77.7 Å². The van der Waals surface area contributed by atoms with E-state index in [-0.39, 0.29) is 34.2 Å². The third kappa shape index (κ3) is 6.67. The largest absolute Gasteiger partial charge is 0.478 e. The van der Waals surface area contributed by atoms with Crippen molar-refractivity contribution in [2.45, 2.75) is 37.2 Å². The van der Waals surface area contributed by atoms with Gasteiger partial charge >= 0.3 is 5.97 Å². The average Bonchev–Trinajstić information content (AvgIpc) is 3.39. The summed E-state index contributed by atoms with van der Waals surface area (Å²) in [5.41, 5.74) is 2.17. The van der Waals surface area contributed by atoms with Crippen LogP contribution in [-0.4, -0.2) is 41.3 Å². The number of aromatic carboxylic acids is 1. The smallest absolute Gasteiger partial charge is 0.335 e. The summed E-state index contributed by atoms with van der Waals surface area (Å²) >= 11 is 0. The number of benzene rings is 3. The van der Waals surface area contributed by atoms with Gasteiger partial charge in [0.15, 0.2) is 0 Å². The highest BCUT2D eigenvalue weighted by Crippen LogP contribution is 2.32. The Kier molecular flexibility index (Phi) is 8.17. The number of halogens is 1. The minimum absolute atomic E-state index is 0.0216. The number of aromatic nitrogens is 2. The van der Waals surface area contributed by atoms with Crippen LogP contribution in [0.5, 0.6) is 0 Å². The van der Waals surface area contributed by atoms with E-state index >= 15 is 0 Å². The Balaban J connectivity index is 1.42. The van der Waals surface area contributed by atoms with Gasteiger partial charge in [-0.05, 0) is 72.4 Å². The van der Waals surface area contributed by atoms with Gasteiger partial charge in [0.05, 0.1) is 16.5 Å². The number of carbonyl (C=O) groups is 3. The van der Waals surface area contributed by atoms with Crippen molar-refractivity contribution in [3.8, 4) is 0 Å². The van der Waals surface area contributed by atoms with E-state index in [4.69, 9.17) is 0 Å². The summed E-state index contributed by atoms with van der Waals surface area (Å²) in [7, 11) is -4.16. The molecule has 4 N–H and O–H groups in total. The molecule has 1 aromatic heterocycles.